The summed E-state index contributed by atoms with van der Waals surface area (Å²) in [6, 6.07) is 18.2. The van der Waals surface area contributed by atoms with E-state index in [4.69, 9.17) is 0 Å². The molecule has 4 aromatic rings. The third-order valence-electron chi connectivity index (χ3n) is 4.53. The summed E-state index contributed by atoms with van der Waals surface area (Å²) >= 11 is 1.35. The summed E-state index contributed by atoms with van der Waals surface area (Å²) in [5.41, 5.74) is 3.22. The van der Waals surface area contributed by atoms with E-state index in [2.05, 4.69) is 43.0 Å². The Morgan fingerprint density at radius 2 is 1.71 bits per heavy atom. The number of nitrogens with zero attached hydrogens (tertiary/aromatic N) is 3. The fourth-order valence-corrected chi connectivity index (χ4v) is 3.76. The van der Waals surface area contributed by atoms with Gasteiger partial charge in [-0.1, -0.05) is 98.9 Å². The van der Waals surface area contributed by atoms with E-state index in [1.165, 1.54) is 21.4 Å². The minimum absolute atomic E-state index is 0.0979. The molecule has 28 heavy (non-hydrogen) atoms. The van der Waals surface area contributed by atoms with E-state index in [0.29, 0.717) is 15.3 Å². The zero-order valence-electron chi connectivity index (χ0n) is 16.1. The Bertz CT molecular complexity index is 1240. The molecule has 0 saturated heterocycles. The molecule has 0 atom stereocenters. The Kier molecular flexibility index (Phi) is 4.69. The summed E-state index contributed by atoms with van der Waals surface area (Å²) < 4.78 is 2.01. The van der Waals surface area contributed by atoms with E-state index >= 15 is 0 Å². The van der Waals surface area contributed by atoms with Gasteiger partial charge in [0, 0.05) is 5.56 Å². The maximum absolute atomic E-state index is 12.6. The molecule has 2 heterocycles. The van der Waals surface area contributed by atoms with Crippen LogP contribution in [0.2, 0.25) is 0 Å². The number of benzene rings is 2. The second-order valence-corrected chi connectivity index (χ2v) is 8.67. The van der Waals surface area contributed by atoms with Crippen molar-refractivity contribution < 1.29 is 0 Å². The topological polar surface area (TPSA) is 47.3 Å². The van der Waals surface area contributed by atoms with Gasteiger partial charge in [0.15, 0.2) is 5.82 Å². The molecule has 2 aromatic heterocycles. The lowest BCUT2D eigenvalue weighted by Gasteiger charge is -2.18. The largest absolute Gasteiger partial charge is 0.291 e. The molecule has 0 unspecified atom stereocenters. The van der Waals surface area contributed by atoms with Gasteiger partial charge >= 0.3 is 0 Å². The molecule has 5 heteroatoms. The van der Waals surface area contributed by atoms with Crippen LogP contribution in [-0.2, 0) is 5.41 Å². The molecular formula is C23H21N3OS. The summed E-state index contributed by atoms with van der Waals surface area (Å²) in [7, 11) is 0. The van der Waals surface area contributed by atoms with Crippen molar-refractivity contribution >= 4 is 28.4 Å². The van der Waals surface area contributed by atoms with Crippen molar-refractivity contribution in [3.8, 4) is 11.4 Å². The summed E-state index contributed by atoms with van der Waals surface area (Å²) in [6.45, 7) is 6.54. The van der Waals surface area contributed by atoms with Gasteiger partial charge in [-0.25, -0.2) is 0 Å². The number of fused-ring (bicyclic) bond motifs is 1. The molecule has 0 aliphatic rings. The molecule has 0 aliphatic heterocycles. The van der Waals surface area contributed by atoms with Crippen LogP contribution in [0.25, 0.3) is 28.5 Å². The van der Waals surface area contributed by atoms with Crippen LogP contribution in [0, 0.1) is 0 Å². The predicted molar refractivity (Wildman–Crippen MR) is 116 cm³/mol. The summed E-state index contributed by atoms with van der Waals surface area (Å²) in [5.74, 6) is 0.579. The number of aromatic nitrogens is 3. The van der Waals surface area contributed by atoms with Gasteiger partial charge in [-0.15, -0.1) is 5.10 Å². The lowest BCUT2D eigenvalue weighted by atomic mass is 9.87. The van der Waals surface area contributed by atoms with Crippen molar-refractivity contribution in [2.45, 2.75) is 26.2 Å². The highest BCUT2D eigenvalue weighted by molar-refractivity contribution is 7.15. The van der Waals surface area contributed by atoms with Gasteiger partial charge in [0.25, 0.3) is 5.56 Å². The van der Waals surface area contributed by atoms with Crippen molar-refractivity contribution in [1.82, 2.24) is 14.6 Å². The molecule has 0 spiro atoms. The third kappa shape index (κ3) is 3.66. The fourth-order valence-electron chi connectivity index (χ4n) is 2.90. The second kappa shape index (κ2) is 7.17. The number of rotatable bonds is 3. The van der Waals surface area contributed by atoms with Crippen molar-refractivity contribution in [3.63, 3.8) is 0 Å². The number of allylic oxidation sites excluding steroid dienone is 1. The van der Waals surface area contributed by atoms with Crippen LogP contribution in [0.15, 0.2) is 65.5 Å². The van der Waals surface area contributed by atoms with Crippen LogP contribution in [0.3, 0.4) is 0 Å². The van der Waals surface area contributed by atoms with Crippen LogP contribution in [0.4, 0.5) is 0 Å². The molecule has 140 valence electrons. The Hall–Kier alpha value is -3.05. The maximum atomic E-state index is 12.6. The Morgan fingerprint density at radius 3 is 2.36 bits per heavy atom. The standard InChI is InChI=1S/C23H21N3OS/c1-23(2,3)18-14-12-17(13-15-18)20-24-22-26(25-20)21(27)19(28-22)11-7-10-16-8-5-4-6-9-16/h4-15H,1-3H3. The molecule has 0 N–H and O–H groups in total. The highest BCUT2D eigenvalue weighted by Gasteiger charge is 2.15. The second-order valence-electron chi connectivity index (χ2n) is 7.67. The monoisotopic (exact) mass is 387 g/mol. The van der Waals surface area contributed by atoms with Crippen LogP contribution in [0.1, 0.15) is 31.9 Å². The molecule has 2 aromatic carbocycles. The first kappa shape index (κ1) is 18.3. The van der Waals surface area contributed by atoms with Crippen LogP contribution < -0.4 is 10.1 Å². The zero-order valence-corrected chi connectivity index (χ0v) is 16.9. The van der Waals surface area contributed by atoms with Gasteiger partial charge in [0.05, 0.1) is 4.53 Å². The fraction of sp³-hybridized carbons (Fsp3) is 0.174. The summed E-state index contributed by atoms with van der Waals surface area (Å²) in [5, 5.41) is 4.42. The Balaban J connectivity index is 1.64. The summed E-state index contributed by atoms with van der Waals surface area (Å²) in [4.78, 5) is 17.8. The van der Waals surface area contributed by atoms with E-state index in [-0.39, 0.29) is 11.0 Å². The number of thiazole rings is 1. The van der Waals surface area contributed by atoms with Crippen molar-refractivity contribution in [3.05, 3.63) is 86.7 Å². The Labute approximate surface area is 167 Å². The lowest BCUT2D eigenvalue weighted by molar-refractivity contribution is 0.590. The van der Waals surface area contributed by atoms with Crippen LogP contribution in [-0.4, -0.2) is 14.6 Å². The minimum Gasteiger partial charge on any atom is -0.266 e. The molecule has 0 saturated carbocycles. The minimum atomic E-state index is -0.136. The highest BCUT2D eigenvalue weighted by Crippen LogP contribution is 2.25. The first-order chi connectivity index (χ1) is 13.4. The molecule has 4 nitrogen and oxygen atoms in total. The van der Waals surface area contributed by atoms with Gasteiger partial charge < -0.3 is 0 Å². The van der Waals surface area contributed by atoms with E-state index in [0.717, 1.165) is 11.1 Å². The molecule has 0 fully saturated rings. The quantitative estimate of drug-likeness (QED) is 0.526. The van der Waals surface area contributed by atoms with E-state index in [9.17, 15) is 4.79 Å². The number of hydrogen-bond acceptors (Lipinski definition) is 4. The lowest BCUT2D eigenvalue weighted by Crippen LogP contribution is -2.23. The average Bonchev–Trinajstić information content (AvgIpc) is 3.22. The van der Waals surface area contributed by atoms with Gasteiger partial charge in [-0.05, 0) is 22.6 Å². The first-order valence-corrected chi connectivity index (χ1v) is 9.97. The molecule has 4 rings (SSSR count). The van der Waals surface area contributed by atoms with Crippen molar-refractivity contribution in [2.24, 2.45) is 0 Å². The average molecular weight is 388 g/mol. The molecule has 0 bridgehead atoms. The first-order valence-electron chi connectivity index (χ1n) is 9.16. The predicted octanol–water partition coefficient (Wildman–Crippen LogP) is 4.33. The number of hydrogen-bond donors (Lipinski definition) is 0. The summed E-state index contributed by atoms with van der Waals surface area (Å²) in [6.07, 6.45) is 5.67. The van der Waals surface area contributed by atoms with Crippen molar-refractivity contribution in [1.29, 1.82) is 0 Å². The normalized spacial score (nSPS) is 13.0. The van der Waals surface area contributed by atoms with E-state index < -0.39 is 0 Å². The van der Waals surface area contributed by atoms with Crippen LogP contribution >= 0.6 is 11.3 Å². The SMILES string of the molecule is CC(C)(C)c1ccc(-c2nc3sc(=CC=Cc4ccccc4)c(=O)n3n2)cc1. The van der Waals surface area contributed by atoms with Gasteiger partial charge in [0.1, 0.15) is 0 Å². The van der Waals surface area contributed by atoms with Gasteiger partial charge in [-0.3, -0.25) is 4.79 Å². The van der Waals surface area contributed by atoms with Crippen LogP contribution in [0.5, 0.6) is 0 Å². The molecule has 0 amide bonds. The smallest absolute Gasteiger partial charge is 0.266 e. The van der Waals surface area contributed by atoms with E-state index in [1.807, 2.05) is 60.7 Å². The maximum Gasteiger partial charge on any atom is 0.291 e. The zero-order chi connectivity index (χ0) is 19.7. The highest BCUT2D eigenvalue weighted by atomic mass is 32.1. The molecule has 0 radical (unpaired) electrons. The third-order valence-corrected chi connectivity index (χ3v) is 5.50. The molecular weight excluding hydrogens is 366 g/mol. The van der Waals surface area contributed by atoms with Gasteiger partial charge in [0.2, 0.25) is 4.96 Å². The molecule has 0 aliphatic carbocycles. The van der Waals surface area contributed by atoms with Crippen molar-refractivity contribution in [2.75, 3.05) is 0 Å². The van der Waals surface area contributed by atoms with E-state index in [1.54, 1.807) is 0 Å². The van der Waals surface area contributed by atoms with Gasteiger partial charge in [-0.2, -0.15) is 9.50 Å². The Morgan fingerprint density at radius 1 is 1.00 bits per heavy atom.